The van der Waals surface area contributed by atoms with E-state index in [2.05, 4.69) is 36.3 Å². The van der Waals surface area contributed by atoms with Gasteiger partial charge >= 0.3 is 0 Å². The molecule has 5 nitrogen and oxygen atoms in total. The van der Waals surface area contributed by atoms with Crippen LogP contribution in [0.15, 0.2) is 23.1 Å². The number of hydrogen-bond donors (Lipinski definition) is 1. The van der Waals surface area contributed by atoms with E-state index in [1.807, 2.05) is 13.8 Å². The summed E-state index contributed by atoms with van der Waals surface area (Å²) in [5, 5.41) is 2.99. The van der Waals surface area contributed by atoms with Gasteiger partial charge in [-0.2, -0.15) is 0 Å². The minimum atomic E-state index is -0.368. The zero-order valence-corrected chi connectivity index (χ0v) is 17.6. The summed E-state index contributed by atoms with van der Waals surface area (Å²) < 4.78 is 1.65. The number of amides is 1. The Balaban J connectivity index is 1.67. The Morgan fingerprint density at radius 2 is 1.86 bits per heavy atom. The molecular formula is C22H25N3O2S. The lowest BCUT2D eigenvalue weighted by molar-refractivity contribution is 0.0937. The van der Waals surface area contributed by atoms with Crippen LogP contribution in [-0.2, 0) is 12.8 Å². The Bertz CT molecular complexity index is 1140. The number of benzene rings is 1. The monoisotopic (exact) mass is 395 g/mol. The fourth-order valence-electron chi connectivity index (χ4n) is 4.03. The smallest absolute Gasteiger partial charge is 0.271 e. The normalized spacial score (nSPS) is 14.7. The van der Waals surface area contributed by atoms with Gasteiger partial charge in [-0.15, -0.1) is 11.3 Å². The third-order valence-corrected chi connectivity index (χ3v) is 6.90. The second kappa shape index (κ2) is 7.17. The summed E-state index contributed by atoms with van der Waals surface area (Å²) >= 11 is 1.57. The van der Waals surface area contributed by atoms with Gasteiger partial charge in [-0.3, -0.25) is 14.0 Å². The molecule has 1 N–H and O–H groups in total. The van der Waals surface area contributed by atoms with E-state index in [4.69, 9.17) is 0 Å². The predicted octanol–water partition coefficient (Wildman–Crippen LogP) is 4.05. The quantitative estimate of drug-likeness (QED) is 0.728. The minimum Gasteiger partial charge on any atom is -0.345 e. The molecule has 0 bridgehead atoms. The van der Waals surface area contributed by atoms with Crippen molar-refractivity contribution in [3.05, 3.63) is 67.1 Å². The summed E-state index contributed by atoms with van der Waals surface area (Å²) in [7, 11) is 0. The van der Waals surface area contributed by atoms with E-state index in [0.29, 0.717) is 4.96 Å². The number of aromatic nitrogens is 2. The average Bonchev–Trinajstić information content (AvgIpc) is 3.04. The minimum absolute atomic E-state index is 0.108. The van der Waals surface area contributed by atoms with Gasteiger partial charge in [-0.25, -0.2) is 4.98 Å². The number of fused-ring (bicyclic) bond motifs is 3. The molecule has 2 aromatic heterocycles. The van der Waals surface area contributed by atoms with Crippen LogP contribution in [0.4, 0.5) is 0 Å². The van der Waals surface area contributed by atoms with Crippen LogP contribution >= 0.6 is 11.3 Å². The van der Waals surface area contributed by atoms with Gasteiger partial charge in [-0.05, 0) is 75.6 Å². The molecule has 0 saturated heterocycles. The maximum atomic E-state index is 13.1. The molecule has 0 aliphatic heterocycles. The van der Waals surface area contributed by atoms with E-state index in [-0.39, 0.29) is 23.1 Å². The highest BCUT2D eigenvalue weighted by atomic mass is 32.1. The van der Waals surface area contributed by atoms with Crippen molar-refractivity contribution in [3.63, 3.8) is 0 Å². The standard InChI is InChI=1S/C22H25N3O2S/c1-12-9-14(3)16(10-13(12)2)15(4)24-20(26)17-11-23-22-25(21(17)27)18-7-5-6-8-19(18)28-22/h9-11,15H,5-8H2,1-4H3,(H,24,26)/t15-/m0/s1. The molecule has 146 valence electrons. The van der Waals surface area contributed by atoms with Crippen LogP contribution in [0.3, 0.4) is 0 Å². The van der Waals surface area contributed by atoms with Crippen molar-refractivity contribution in [1.82, 2.24) is 14.7 Å². The average molecular weight is 396 g/mol. The maximum Gasteiger partial charge on any atom is 0.271 e. The fourth-order valence-corrected chi connectivity index (χ4v) is 5.19. The first kappa shape index (κ1) is 18.9. The van der Waals surface area contributed by atoms with Gasteiger partial charge < -0.3 is 5.32 Å². The Morgan fingerprint density at radius 3 is 2.64 bits per heavy atom. The number of nitrogens with one attached hydrogen (secondary N) is 1. The Morgan fingerprint density at radius 1 is 1.14 bits per heavy atom. The molecule has 0 radical (unpaired) electrons. The zero-order valence-electron chi connectivity index (χ0n) is 16.8. The van der Waals surface area contributed by atoms with Gasteiger partial charge in [0.1, 0.15) is 5.56 Å². The highest BCUT2D eigenvalue weighted by Crippen LogP contribution is 2.28. The molecule has 1 aliphatic rings. The van der Waals surface area contributed by atoms with Crippen LogP contribution in [0, 0.1) is 20.8 Å². The molecule has 0 unspecified atom stereocenters. The molecule has 3 aromatic rings. The molecule has 0 fully saturated rings. The summed E-state index contributed by atoms with van der Waals surface area (Å²) in [6.45, 7) is 8.14. The first-order valence-corrected chi connectivity index (χ1v) is 10.6. The predicted molar refractivity (Wildman–Crippen MR) is 113 cm³/mol. The number of rotatable bonds is 3. The van der Waals surface area contributed by atoms with Crippen LogP contribution in [0.2, 0.25) is 0 Å². The van der Waals surface area contributed by atoms with Crippen LogP contribution < -0.4 is 10.9 Å². The third kappa shape index (κ3) is 3.15. The van der Waals surface area contributed by atoms with E-state index in [0.717, 1.165) is 42.5 Å². The van der Waals surface area contributed by atoms with Crippen molar-refractivity contribution in [2.45, 2.75) is 59.4 Å². The molecule has 6 heteroatoms. The number of thiazole rings is 1. The van der Waals surface area contributed by atoms with E-state index in [1.54, 1.807) is 15.7 Å². The van der Waals surface area contributed by atoms with Crippen molar-refractivity contribution in [3.8, 4) is 0 Å². The molecule has 1 aliphatic carbocycles. The topological polar surface area (TPSA) is 63.5 Å². The fraction of sp³-hybridized carbons (Fsp3) is 0.409. The lowest BCUT2D eigenvalue weighted by atomic mass is 9.96. The molecular weight excluding hydrogens is 370 g/mol. The number of carbonyl (C=O) groups excluding carboxylic acids is 1. The second-order valence-corrected chi connectivity index (χ2v) is 8.82. The van der Waals surface area contributed by atoms with Crippen molar-refractivity contribution in [1.29, 1.82) is 0 Å². The number of carbonyl (C=O) groups is 1. The Kier molecular flexibility index (Phi) is 4.83. The molecule has 1 atom stereocenters. The van der Waals surface area contributed by atoms with Crippen LogP contribution in [-0.4, -0.2) is 15.3 Å². The SMILES string of the molecule is Cc1cc(C)c([C@H](C)NC(=O)c2cnc3sc4c(n3c2=O)CCCC4)cc1C. The molecule has 1 aromatic carbocycles. The lowest BCUT2D eigenvalue weighted by Crippen LogP contribution is -2.33. The second-order valence-electron chi connectivity index (χ2n) is 7.76. The zero-order chi connectivity index (χ0) is 20.0. The van der Waals surface area contributed by atoms with Gasteiger partial charge in [-0.1, -0.05) is 12.1 Å². The maximum absolute atomic E-state index is 13.1. The van der Waals surface area contributed by atoms with Crippen molar-refractivity contribution in [2.24, 2.45) is 0 Å². The van der Waals surface area contributed by atoms with Crippen molar-refractivity contribution in [2.75, 3.05) is 0 Å². The summed E-state index contributed by atoms with van der Waals surface area (Å²) in [4.78, 5) is 32.3. The van der Waals surface area contributed by atoms with Gasteiger partial charge in [0.05, 0.1) is 6.04 Å². The Labute approximate surface area is 168 Å². The largest absolute Gasteiger partial charge is 0.345 e. The highest BCUT2D eigenvalue weighted by molar-refractivity contribution is 7.17. The van der Waals surface area contributed by atoms with E-state index >= 15 is 0 Å². The Hall–Kier alpha value is -2.47. The van der Waals surface area contributed by atoms with Gasteiger partial charge in [0, 0.05) is 16.8 Å². The number of hydrogen-bond acceptors (Lipinski definition) is 4. The van der Waals surface area contributed by atoms with Gasteiger partial charge in [0.25, 0.3) is 11.5 Å². The summed E-state index contributed by atoms with van der Waals surface area (Å²) in [6.07, 6.45) is 5.52. The summed E-state index contributed by atoms with van der Waals surface area (Å²) in [5.41, 5.74) is 5.51. The first-order valence-electron chi connectivity index (χ1n) is 9.77. The molecule has 1 amide bonds. The van der Waals surface area contributed by atoms with E-state index < -0.39 is 0 Å². The molecule has 0 spiro atoms. The lowest BCUT2D eigenvalue weighted by Gasteiger charge is -2.18. The van der Waals surface area contributed by atoms with Gasteiger partial charge in [0.15, 0.2) is 4.96 Å². The summed E-state index contributed by atoms with van der Waals surface area (Å²) in [5.74, 6) is -0.368. The number of aryl methyl sites for hydroxylation is 5. The van der Waals surface area contributed by atoms with Crippen LogP contribution in [0.1, 0.15) is 69.0 Å². The molecule has 28 heavy (non-hydrogen) atoms. The molecule has 2 heterocycles. The third-order valence-electron chi connectivity index (χ3n) is 5.74. The molecule has 0 saturated carbocycles. The first-order chi connectivity index (χ1) is 13.4. The van der Waals surface area contributed by atoms with Crippen molar-refractivity contribution >= 4 is 22.2 Å². The molecule has 4 rings (SSSR count). The number of nitrogens with zero attached hydrogens (tertiary/aromatic N) is 2. The highest BCUT2D eigenvalue weighted by Gasteiger charge is 2.22. The van der Waals surface area contributed by atoms with E-state index in [1.165, 1.54) is 22.2 Å². The summed E-state index contributed by atoms with van der Waals surface area (Å²) in [6, 6.07) is 4.05. The van der Waals surface area contributed by atoms with Gasteiger partial charge in [0.2, 0.25) is 0 Å². The van der Waals surface area contributed by atoms with Crippen molar-refractivity contribution < 1.29 is 4.79 Å². The van der Waals surface area contributed by atoms with Crippen LogP contribution in [0.5, 0.6) is 0 Å². The van der Waals surface area contributed by atoms with Crippen LogP contribution in [0.25, 0.3) is 4.96 Å². The van der Waals surface area contributed by atoms with E-state index in [9.17, 15) is 9.59 Å².